The van der Waals surface area contributed by atoms with Crippen LogP contribution in [0.15, 0.2) is 60.8 Å². The summed E-state index contributed by atoms with van der Waals surface area (Å²) in [6.07, 6.45) is 2.04. The first-order chi connectivity index (χ1) is 15.0. The summed E-state index contributed by atoms with van der Waals surface area (Å²) in [4.78, 5) is 29.1. The minimum atomic E-state index is -0.148. The molecule has 160 valence electrons. The lowest BCUT2D eigenvalue weighted by Gasteiger charge is -2.34. The summed E-state index contributed by atoms with van der Waals surface area (Å²) in [6.45, 7) is 1.95. The van der Waals surface area contributed by atoms with Crippen LogP contribution in [0.4, 0.5) is 0 Å². The second kappa shape index (κ2) is 9.22. The molecule has 2 aromatic carbocycles. The summed E-state index contributed by atoms with van der Waals surface area (Å²) in [5, 5.41) is 4.95. The van der Waals surface area contributed by atoms with Gasteiger partial charge in [0.1, 0.15) is 5.75 Å². The number of nitrogens with zero attached hydrogens (tertiary/aromatic N) is 4. The van der Waals surface area contributed by atoms with E-state index in [0.29, 0.717) is 43.3 Å². The Morgan fingerprint density at radius 1 is 1.00 bits per heavy atom. The highest BCUT2D eigenvalue weighted by atomic mass is 35.5. The highest BCUT2D eigenvalue weighted by Gasteiger charge is 2.26. The van der Waals surface area contributed by atoms with Crippen LogP contribution < -0.4 is 4.74 Å². The van der Waals surface area contributed by atoms with Gasteiger partial charge in [-0.05, 0) is 35.9 Å². The maximum absolute atomic E-state index is 12.9. The van der Waals surface area contributed by atoms with Gasteiger partial charge in [0.05, 0.1) is 24.2 Å². The fourth-order valence-corrected chi connectivity index (χ4v) is 3.82. The molecule has 0 atom stereocenters. The van der Waals surface area contributed by atoms with Gasteiger partial charge in [-0.3, -0.25) is 9.59 Å². The van der Waals surface area contributed by atoms with Crippen LogP contribution in [0.5, 0.6) is 5.75 Å². The molecule has 0 radical (unpaired) electrons. The van der Waals surface area contributed by atoms with Crippen LogP contribution >= 0.6 is 11.6 Å². The van der Waals surface area contributed by atoms with Gasteiger partial charge >= 0.3 is 0 Å². The van der Waals surface area contributed by atoms with Crippen LogP contribution in [0.3, 0.4) is 0 Å². The number of hydrogen-bond donors (Lipinski definition) is 0. The van der Waals surface area contributed by atoms with Crippen molar-refractivity contribution in [1.82, 2.24) is 19.6 Å². The lowest BCUT2D eigenvalue weighted by atomic mass is 10.1. The number of hydrogen-bond acceptors (Lipinski definition) is 4. The van der Waals surface area contributed by atoms with Crippen molar-refractivity contribution in [3.8, 4) is 11.4 Å². The first-order valence-corrected chi connectivity index (χ1v) is 10.4. The van der Waals surface area contributed by atoms with Crippen molar-refractivity contribution in [2.24, 2.45) is 0 Å². The van der Waals surface area contributed by atoms with Crippen molar-refractivity contribution in [2.75, 3.05) is 33.3 Å². The number of piperazine rings is 1. The zero-order valence-electron chi connectivity index (χ0n) is 17.2. The molecule has 1 aliphatic heterocycles. The molecule has 2 heterocycles. The zero-order chi connectivity index (χ0) is 21.8. The molecule has 0 saturated carbocycles. The molecule has 7 nitrogen and oxygen atoms in total. The number of carbonyl (C=O) groups excluding carboxylic acids is 2. The Kier molecular flexibility index (Phi) is 6.23. The van der Waals surface area contributed by atoms with E-state index in [1.54, 1.807) is 39.9 Å². The maximum atomic E-state index is 12.9. The van der Waals surface area contributed by atoms with Crippen molar-refractivity contribution in [3.05, 3.63) is 77.1 Å². The highest BCUT2D eigenvalue weighted by Crippen LogP contribution is 2.20. The molecule has 31 heavy (non-hydrogen) atoms. The molecule has 2 amide bonds. The van der Waals surface area contributed by atoms with Gasteiger partial charge in [0.2, 0.25) is 5.91 Å². The number of ether oxygens (including phenoxy) is 1. The van der Waals surface area contributed by atoms with E-state index in [9.17, 15) is 9.59 Å². The summed E-state index contributed by atoms with van der Waals surface area (Å²) in [7, 11) is 1.61. The van der Waals surface area contributed by atoms with Crippen LogP contribution in [0.2, 0.25) is 5.02 Å². The van der Waals surface area contributed by atoms with Crippen molar-refractivity contribution >= 4 is 23.4 Å². The average molecular weight is 439 g/mol. The highest BCUT2D eigenvalue weighted by molar-refractivity contribution is 6.32. The summed E-state index contributed by atoms with van der Waals surface area (Å²) in [5.41, 5.74) is 1.99. The number of aromatic nitrogens is 2. The first-order valence-electron chi connectivity index (χ1n) is 10.1. The number of carbonyl (C=O) groups is 2. The molecule has 0 unspecified atom stereocenters. The monoisotopic (exact) mass is 438 g/mol. The third kappa shape index (κ3) is 4.72. The van der Waals surface area contributed by atoms with Gasteiger partial charge in [-0.2, -0.15) is 5.10 Å². The largest absolute Gasteiger partial charge is 0.497 e. The van der Waals surface area contributed by atoms with E-state index < -0.39 is 0 Å². The lowest BCUT2D eigenvalue weighted by Crippen LogP contribution is -2.51. The molecule has 0 bridgehead atoms. The number of para-hydroxylation sites is 1. The summed E-state index contributed by atoms with van der Waals surface area (Å²) < 4.78 is 6.82. The van der Waals surface area contributed by atoms with Gasteiger partial charge < -0.3 is 14.5 Å². The van der Waals surface area contributed by atoms with Crippen LogP contribution in [-0.4, -0.2) is 64.7 Å². The Morgan fingerprint density at radius 2 is 1.74 bits per heavy atom. The van der Waals surface area contributed by atoms with Crippen LogP contribution in [0, 0.1) is 0 Å². The molecular weight excluding hydrogens is 416 g/mol. The topological polar surface area (TPSA) is 67.7 Å². The molecule has 1 fully saturated rings. The smallest absolute Gasteiger partial charge is 0.274 e. The number of amides is 2. The third-order valence-electron chi connectivity index (χ3n) is 5.32. The van der Waals surface area contributed by atoms with E-state index in [-0.39, 0.29) is 11.8 Å². The summed E-state index contributed by atoms with van der Waals surface area (Å²) >= 11 is 6.22. The van der Waals surface area contributed by atoms with E-state index in [1.165, 1.54) is 0 Å². The standard InChI is InChI=1S/C23H23ClN4O3/c1-31-18-6-4-5-17(15-18)16-22(29)26-11-13-27(14-12-26)23(30)20-9-10-28(25-20)21-8-3-2-7-19(21)24/h2-10,15H,11-14,16H2,1H3. The molecule has 1 aromatic heterocycles. The van der Waals surface area contributed by atoms with E-state index in [4.69, 9.17) is 16.3 Å². The lowest BCUT2D eigenvalue weighted by molar-refractivity contribution is -0.131. The maximum Gasteiger partial charge on any atom is 0.274 e. The third-order valence-corrected chi connectivity index (χ3v) is 5.64. The Balaban J connectivity index is 1.35. The quantitative estimate of drug-likeness (QED) is 0.614. The summed E-state index contributed by atoms with van der Waals surface area (Å²) in [6, 6.07) is 16.5. The SMILES string of the molecule is COc1cccc(CC(=O)N2CCN(C(=O)c3ccn(-c4ccccc4Cl)n3)CC2)c1. The minimum Gasteiger partial charge on any atom is -0.497 e. The molecule has 1 saturated heterocycles. The zero-order valence-corrected chi connectivity index (χ0v) is 18.0. The first kappa shape index (κ1) is 20.9. The number of rotatable bonds is 5. The van der Waals surface area contributed by atoms with Gasteiger partial charge in [0.15, 0.2) is 5.69 Å². The molecule has 8 heteroatoms. The van der Waals surface area contributed by atoms with E-state index >= 15 is 0 Å². The van der Waals surface area contributed by atoms with Crippen molar-refractivity contribution in [1.29, 1.82) is 0 Å². The van der Waals surface area contributed by atoms with Gasteiger partial charge in [0, 0.05) is 32.4 Å². The predicted octanol–water partition coefficient (Wildman–Crippen LogP) is 3.06. The predicted molar refractivity (Wildman–Crippen MR) is 118 cm³/mol. The number of halogens is 1. The van der Waals surface area contributed by atoms with Gasteiger partial charge in [-0.15, -0.1) is 0 Å². The van der Waals surface area contributed by atoms with Crippen molar-refractivity contribution in [3.63, 3.8) is 0 Å². The Morgan fingerprint density at radius 3 is 2.48 bits per heavy atom. The van der Waals surface area contributed by atoms with Crippen LogP contribution in [0.1, 0.15) is 16.1 Å². The molecule has 0 spiro atoms. The van der Waals surface area contributed by atoms with E-state index in [1.807, 2.05) is 42.5 Å². The van der Waals surface area contributed by atoms with E-state index in [0.717, 1.165) is 17.0 Å². The minimum absolute atomic E-state index is 0.0448. The Bertz CT molecular complexity index is 1090. The van der Waals surface area contributed by atoms with Crippen LogP contribution in [0.25, 0.3) is 5.69 Å². The summed E-state index contributed by atoms with van der Waals surface area (Å²) in [5.74, 6) is 0.631. The second-order valence-electron chi connectivity index (χ2n) is 7.30. The van der Waals surface area contributed by atoms with E-state index in [2.05, 4.69) is 5.10 Å². The number of benzene rings is 2. The fourth-order valence-electron chi connectivity index (χ4n) is 3.60. The van der Waals surface area contributed by atoms with Gasteiger partial charge in [-0.25, -0.2) is 4.68 Å². The fraction of sp³-hybridized carbons (Fsp3) is 0.261. The molecule has 0 N–H and O–H groups in total. The van der Waals surface area contributed by atoms with Gasteiger partial charge in [-0.1, -0.05) is 35.9 Å². The molecule has 1 aliphatic rings. The molecular formula is C23H23ClN4O3. The Hall–Kier alpha value is -3.32. The molecule has 0 aliphatic carbocycles. The van der Waals surface area contributed by atoms with Crippen LogP contribution in [-0.2, 0) is 11.2 Å². The second-order valence-corrected chi connectivity index (χ2v) is 7.71. The molecule has 3 aromatic rings. The van der Waals surface area contributed by atoms with Gasteiger partial charge in [0.25, 0.3) is 5.91 Å². The Labute approximate surface area is 185 Å². The normalized spacial score (nSPS) is 13.9. The number of methoxy groups -OCH3 is 1. The average Bonchev–Trinajstić information content (AvgIpc) is 3.29. The molecule has 4 rings (SSSR count). The van der Waals surface area contributed by atoms with Crippen molar-refractivity contribution < 1.29 is 14.3 Å². The van der Waals surface area contributed by atoms with Crippen molar-refractivity contribution in [2.45, 2.75) is 6.42 Å².